The quantitative estimate of drug-likeness (QED) is 0.778. The predicted molar refractivity (Wildman–Crippen MR) is 76.9 cm³/mol. The first kappa shape index (κ1) is 14.8. The molecule has 106 valence electrons. The highest BCUT2D eigenvalue weighted by Crippen LogP contribution is 2.39. The van der Waals surface area contributed by atoms with Crippen molar-refractivity contribution in [2.75, 3.05) is 0 Å². The Morgan fingerprint density at radius 1 is 1.21 bits per heavy atom. The predicted octanol–water partition coefficient (Wildman–Crippen LogP) is 4.74. The molecule has 1 N–H and O–H groups in total. The molecular weight excluding hydrogens is 263 g/mol. The normalized spacial score (nSPS) is 27.0. The molecule has 0 radical (unpaired) electrons. The lowest BCUT2D eigenvalue weighted by Crippen LogP contribution is -2.31. The molecule has 0 aromatic heterocycles. The molecule has 1 aliphatic carbocycles. The van der Waals surface area contributed by atoms with Crippen molar-refractivity contribution in [1.82, 2.24) is 0 Å². The van der Waals surface area contributed by atoms with Crippen LogP contribution >= 0.6 is 11.6 Å². The van der Waals surface area contributed by atoms with Gasteiger partial charge in [-0.25, -0.2) is 4.39 Å². The number of benzene rings is 1. The van der Waals surface area contributed by atoms with Crippen molar-refractivity contribution < 1.29 is 9.50 Å². The van der Waals surface area contributed by atoms with Gasteiger partial charge in [-0.1, -0.05) is 31.9 Å². The smallest absolute Gasteiger partial charge is 0.126 e. The summed E-state index contributed by atoms with van der Waals surface area (Å²) in [7, 11) is 0. The number of aliphatic hydroxyl groups is 1. The van der Waals surface area contributed by atoms with E-state index in [-0.39, 0.29) is 11.2 Å². The van der Waals surface area contributed by atoms with Gasteiger partial charge in [0, 0.05) is 11.4 Å². The van der Waals surface area contributed by atoms with Crippen LogP contribution in [-0.2, 0) is 6.42 Å². The van der Waals surface area contributed by atoms with Crippen molar-refractivity contribution in [2.45, 2.75) is 58.0 Å². The van der Waals surface area contributed by atoms with Crippen LogP contribution in [0, 0.1) is 11.2 Å². The fourth-order valence-corrected chi connectivity index (χ4v) is 3.12. The molecule has 2 rings (SSSR count). The summed E-state index contributed by atoms with van der Waals surface area (Å²) in [5.74, 6) is -0.277. The zero-order valence-electron chi connectivity index (χ0n) is 11.7. The summed E-state index contributed by atoms with van der Waals surface area (Å²) in [6, 6.07) is 4.55. The van der Waals surface area contributed by atoms with E-state index in [1.165, 1.54) is 6.07 Å². The largest absolute Gasteiger partial charge is 0.390 e. The van der Waals surface area contributed by atoms with Crippen LogP contribution in [0.4, 0.5) is 4.39 Å². The van der Waals surface area contributed by atoms with Gasteiger partial charge in [-0.15, -0.1) is 0 Å². The Hall–Kier alpha value is -0.600. The third-order valence-corrected chi connectivity index (χ3v) is 4.53. The van der Waals surface area contributed by atoms with Crippen molar-refractivity contribution in [2.24, 2.45) is 5.41 Å². The highest BCUT2D eigenvalue weighted by molar-refractivity contribution is 6.30. The molecule has 1 saturated carbocycles. The number of halogens is 2. The highest BCUT2D eigenvalue weighted by atomic mass is 35.5. The highest BCUT2D eigenvalue weighted by Gasteiger charge is 2.34. The third kappa shape index (κ3) is 3.93. The van der Waals surface area contributed by atoms with Crippen molar-refractivity contribution >= 4 is 11.6 Å². The molecular formula is C16H22ClFO. The number of rotatable bonds is 2. The van der Waals surface area contributed by atoms with Gasteiger partial charge in [-0.3, -0.25) is 0 Å². The summed E-state index contributed by atoms with van der Waals surface area (Å²) < 4.78 is 13.8. The van der Waals surface area contributed by atoms with Gasteiger partial charge in [-0.05, 0) is 54.9 Å². The van der Waals surface area contributed by atoms with E-state index in [0.717, 1.165) is 32.1 Å². The third-order valence-electron chi connectivity index (χ3n) is 4.29. The van der Waals surface area contributed by atoms with Crippen LogP contribution in [0.15, 0.2) is 18.2 Å². The van der Waals surface area contributed by atoms with Gasteiger partial charge in [0.05, 0.1) is 5.60 Å². The standard InChI is InChI=1S/C16H22ClFO/c1-15(2)6-3-7-16(19,9-8-15)11-12-10-13(17)4-5-14(12)18/h4-5,10,19H,3,6-9,11H2,1-2H3. The van der Waals surface area contributed by atoms with Crippen LogP contribution in [0.3, 0.4) is 0 Å². The molecule has 1 aromatic rings. The monoisotopic (exact) mass is 284 g/mol. The molecule has 0 spiro atoms. The molecule has 3 heteroatoms. The number of hydrogen-bond donors (Lipinski definition) is 1. The van der Waals surface area contributed by atoms with Gasteiger partial charge >= 0.3 is 0 Å². The Balaban J connectivity index is 2.14. The summed E-state index contributed by atoms with van der Waals surface area (Å²) in [6.07, 6.45) is 4.91. The summed E-state index contributed by atoms with van der Waals surface area (Å²) in [4.78, 5) is 0. The molecule has 0 heterocycles. The molecule has 0 bridgehead atoms. The lowest BCUT2D eigenvalue weighted by molar-refractivity contribution is 0.0218. The molecule has 0 saturated heterocycles. The van der Waals surface area contributed by atoms with Crippen molar-refractivity contribution in [3.05, 3.63) is 34.6 Å². The molecule has 1 atom stereocenters. The molecule has 1 fully saturated rings. The van der Waals surface area contributed by atoms with Crippen molar-refractivity contribution in [3.8, 4) is 0 Å². The lowest BCUT2D eigenvalue weighted by atomic mass is 9.83. The molecule has 0 aliphatic heterocycles. The summed E-state index contributed by atoms with van der Waals surface area (Å²) in [6.45, 7) is 4.47. The molecule has 0 amide bonds. The zero-order valence-corrected chi connectivity index (χ0v) is 12.4. The maximum atomic E-state index is 13.8. The molecule has 1 aliphatic rings. The average Bonchev–Trinajstić information content (AvgIpc) is 2.44. The Kier molecular flexibility index (Phi) is 4.22. The maximum Gasteiger partial charge on any atom is 0.126 e. The SMILES string of the molecule is CC1(C)CCCC(O)(Cc2cc(Cl)ccc2F)CC1. The van der Waals surface area contributed by atoms with Gasteiger partial charge in [-0.2, -0.15) is 0 Å². The Morgan fingerprint density at radius 2 is 1.95 bits per heavy atom. The van der Waals surface area contributed by atoms with Gasteiger partial charge < -0.3 is 5.11 Å². The maximum absolute atomic E-state index is 13.8. The lowest BCUT2D eigenvalue weighted by Gasteiger charge is -2.28. The Labute approximate surface area is 119 Å². The fourth-order valence-electron chi connectivity index (χ4n) is 2.93. The molecule has 1 nitrogen and oxygen atoms in total. The minimum atomic E-state index is -0.792. The Bertz CT molecular complexity index is 458. The zero-order chi connectivity index (χ0) is 14.1. The van der Waals surface area contributed by atoms with Crippen LogP contribution in [0.1, 0.15) is 51.5 Å². The van der Waals surface area contributed by atoms with Crippen LogP contribution < -0.4 is 0 Å². The van der Waals surface area contributed by atoms with E-state index in [1.54, 1.807) is 12.1 Å². The molecule has 1 aromatic carbocycles. The first-order chi connectivity index (χ1) is 8.80. The van der Waals surface area contributed by atoms with Crippen LogP contribution in [0.5, 0.6) is 0 Å². The number of hydrogen-bond acceptors (Lipinski definition) is 1. The van der Waals surface area contributed by atoms with Crippen LogP contribution in [0.25, 0.3) is 0 Å². The summed E-state index contributed by atoms with van der Waals surface area (Å²) >= 11 is 5.91. The van der Waals surface area contributed by atoms with Crippen LogP contribution in [-0.4, -0.2) is 10.7 Å². The van der Waals surface area contributed by atoms with Crippen molar-refractivity contribution in [3.63, 3.8) is 0 Å². The minimum Gasteiger partial charge on any atom is -0.390 e. The average molecular weight is 285 g/mol. The fraction of sp³-hybridized carbons (Fsp3) is 0.625. The van der Waals surface area contributed by atoms with Gasteiger partial charge in [0.15, 0.2) is 0 Å². The first-order valence-electron chi connectivity index (χ1n) is 6.96. The second-order valence-corrected chi connectivity index (χ2v) is 7.09. The van der Waals surface area contributed by atoms with E-state index in [9.17, 15) is 9.50 Å². The second-order valence-electron chi connectivity index (χ2n) is 6.65. The molecule has 19 heavy (non-hydrogen) atoms. The van der Waals surface area contributed by atoms with E-state index in [2.05, 4.69) is 13.8 Å². The van der Waals surface area contributed by atoms with Gasteiger partial charge in [0.25, 0.3) is 0 Å². The topological polar surface area (TPSA) is 20.2 Å². The summed E-state index contributed by atoms with van der Waals surface area (Å²) in [5.41, 5.74) is 0.00566. The minimum absolute atomic E-state index is 0.275. The van der Waals surface area contributed by atoms with Crippen LogP contribution in [0.2, 0.25) is 5.02 Å². The summed E-state index contributed by atoms with van der Waals surface area (Å²) in [5, 5.41) is 11.3. The van der Waals surface area contributed by atoms with E-state index >= 15 is 0 Å². The Morgan fingerprint density at radius 3 is 2.68 bits per heavy atom. The van der Waals surface area contributed by atoms with E-state index in [4.69, 9.17) is 11.6 Å². The van der Waals surface area contributed by atoms with E-state index < -0.39 is 5.60 Å². The first-order valence-corrected chi connectivity index (χ1v) is 7.34. The second kappa shape index (κ2) is 5.41. The van der Waals surface area contributed by atoms with Crippen molar-refractivity contribution in [1.29, 1.82) is 0 Å². The molecule has 1 unspecified atom stereocenters. The van der Waals surface area contributed by atoms with Gasteiger partial charge in [0.1, 0.15) is 5.82 Å². The van der Waals surface area contributed by atoms with E-state index in [1.807, 2.05) is 0 Å². The van der Waals surface area contributed by atoms with Gasteiger partial charge in [0.2, 0.25) is 0 Å². The van der Waals surface area contributed by atoms with E-state index in [0.29, 0.717) is 17.0 Å².